The van der Waals surface area contributed by atoms with Crippen molar-refractivity contribution in [2.45, 2.75) is 0 Å². The number of anilines is 1. The first-order valence-corrected chi connectivity index (χ1v) is 9.41. The van der Waals surface area contributed by atoms with Crippen LogP contribution in [0.2, 0.25) is 0 Å². The van der Waals surface area contributed by atoms with Gasteiger partial charge in [-0.1, -0.05) is 60.7 Å². The molecule has 0 spiro atoms. The molecule has 3 aromatic rings. The Kier molecular flexibility index (Phi) is 7.17. The van der Waals surface area contributed by atoms with Gasteiger partial charge in [0.15, 0.2) is 0 Å². The summed E-state index contributed by atoms with van der Waals surface area (Å²) in [5.41, 5.74) is 2.17. The molecule has 0 saturated carbocycles. The summed E-state index contributed by atoms with van der Waals surface area (Å²) >= 11 is 0. The molecule has 0 fully saturated rings. The normalized spacial score (nSPS) is 11.2. The van der Waals surface area contributed by atoms with Crippen LogP contribution in [0.5, 0.6) is 5.75 Å². The number of amides is 2. The minimum absolute atomic E-state index is 0.131. The van der Waals surface area contributed by atoms with Crippen molar-refractivity contribution in [3.63, 3.8) is 0 Å². The molecule has 0 aliphatic carbocycles. The van der Waals surface area contributed by atoms with Gasteiger partial charge in [0, 0.05) is 11.3 Å². The van der Waals surface area contributed by atoms with Crippen molar-refractivity contribution in [2.24, 2.45) is 0 Å². The number of benzene rings is 3. The average Bonchev–Trinajstić information content (AvgIpc) is 2.80. The van der Waals surface area contributed by atoms with Gasteiger partial charge in [-0.25, -0.2) is 0 Å². The van der Waals surface area contributed by atoms with E-state index < -0.39 is 5.91 Å². The zero-order chi connectivity index (χ0) is 21.2. The second-order valence-corrected chi connectivity index (χ2v) is 6.35. The standard InChI is InChI=1S/C25H22N2O3/c1-30-22-17-15-21(16-18-22)26-25(29)23(14-8-11-19-9-4-2-5-10-19)27-24(28)20-12-6-3-7-13-20/h2-18H,1H3,(H,26,29)(H,27,28)/b11-8+,23-14-. The third-order valence-corrected chi connectivity index (χ3v) is 4.23. The van der Waals surface area contributed by atoms with E-state index in [-0.39, 0.29) is 11.6 Å². The van der Waals surface area contributed by atoms with Gasteiger partial charge in [-0.05, 0) is 48.0 Å². The minimum atomic E-state index is -0.429. The Hall–Kier alpha value is -4.12. The van der Waals surface area contributed by atoms with E-state index in [0.29, 0.717) is 17.0 Å². The second-order valence-electron chi connectivity index (χ2n) is 6.35. The monoisotopic (exact) mass is 398 g/mol. The number of nitrogens with one attached hydrogen (secondary N) is 2. The molecule has 0 heterocycles. The van der Waals surface area contributed by atoms with Crippen LogP contribution < -0.4 is 15.4 Å². The van der Waals surface area contributed by atoms with Gasteiger partial charge < -0.3 is 15.4 Å². The Morgan fingerprint density at radius 3 is 2.10 bits per heavy atom. The number of carbonyl (C=O) groups excluding carboxylic acids is 2. The van der Waals surface area contributed by atoms with Gasteiger partial charge >= 0.3 is 0 Å². The van der Waals surface area contributed by atoms with Gasteiger partial charge in [-0.15, -0.1) is 0 Å². The maximum atomic E-state index is 12.8. The summed E-state index contributed by atoms with van der Waals surface area (Å²) in [4.78, 5) is 25.4. The fraction of sp³-hybridized carbons (Fsp3) is 0.0400. The SMILES string of the molecule is COc1ccc(NC(=O)/C(=C/C=C/c2ccccc2)NC(=O)c2ccccc2)cc1. The van der Waals surface area contributed by atoms with Crippen molar-refractivity contribution >= 4 is 23.6 Å². The van der Waals surface area contributed by atoms with E-state index in [0.717, 1.165) is 5.56 Å². The van der Waals surface area contributed by atoms with Crippen molar-refractivity contribution in [1.29, 1.82) is 0 Å². The molecular weight excluding hydrogens is 376 g/mol. The van der Waals surface area contributed by atoms with Crippen LogP contribution >= 0.6 is 0 Å². The summed E-state index contributed by atoms with van der Waals surface area (Å²) in [6, 6.07) is 25.4. The molecule has 0 aromatic heterocycles. The van der Waals surface area contributed by atoms with Crippen LogP contribution in [-0.4, -0.2) is 18.9 Å². The molecule has 0 atom stereocenters. The molecule has 0 aliphatic rings. The number of ether oxygens (including phenoxy) is 1. The zero-order valence-corrected chi connectivity index (χ0v) is 16.5. The Balaban J connectivity index is 1.79. The van der Waals surface area contributed by atoms with E-state index in [1.165, 1.54) is 0 Å². The van der Waals surface area contributed by atoms with Gasteiger partial charge in [0.25, 0.3) is 11.8 Å². The minimum Gasteiger partial charge on any atom is -0.497 e. The summed E-state index contributed by atoms with van der Waals surface area (Å²) in [6.07, 6.45) is 5.16. The van der Waals surface area contributed by atoms with Gasteiger partial charge in [0.05, 0.1) is 7.11 Å². The van der Waals surface area contributed by atoms with Crippen molar-refractivity contribution in [2.75, 3.05) is 12.4 Å². The third kappa shape index (κ3) is 5.94. The highest BCUT2D eigenvalue weighted by Gasteiger charge is 2.14. The first-order chi connectivity index (χ1) is 14.7. The van der Waals surface area contributed by atoms with Crippen LogP contribution in [0.3, 0.4) is 0 Å². The van der Waals surface area contributed by atoms with Gasteiger partial charge in [0.1, 0.15) is 11.4 Å². The molecule has 2 amide bonds. The molecule has 0 aliphatic heterocycles. The van der Waals surface area contributed by atoms with Gasteiger partial charge in [-0.3, -0.25) is 9.59 Å². The quantitative estimate of drug-likeness (QED) is 0.449. The molecule has 3 rings (SSSR count). The van der Waals surface area contributed by atoms with Crippen molar-refractivity contribution in [1.82, 2.24) is 5.32 Å². The smallest absolute Gasteiger partial charge is 0.272 e. The molecular formula is C25H22N2O3. The molecule has 30 heavy (non-hydrogen) atoms. The maximum absolute atomic E-state index is 12.8. The lowest BCUT2D eigenvalue weighted by Gasteiger charge is -2.11. The highest BCUT2D eigenvalue weighted by Crippen LogP contribution is 2.15. The van der Waals surface area contributed by atoms with E-state index in [1.54, 1.807) is 67.8 Å². The summed E-state index contributed by atoms with van der Waals surface area (Å²) in [5.74, 6) is -0.103. The molecule has 2 N–H and O–H groups in total. The highest BCUT2D eigenvalue weighted by atomic mass is 16.5. The summed E-state index contributed by atoms with van der Waals surface area (Å²) < 4.78 is 5.13. The highest BCUT2D eigenvalue weighted by molar-refractivity contribution is 6.08. The van der Waals surface area contributed by atoms with Crippen LogP contribution in [0.4, 0.5) is 5.69 Å². The molecule has 0 radical (unpaired) electrons. The number of rotatable bonds is 7. The predicted molar refractivity (Wildman–Crippen MR) is 119 cm³/mol. The number of methoxy groups -OCH3 is 1. The van der Waals surface area contributed by atoms with Crippen LogP contribution in [0, 0.1) is 0 Å². The summed E-state index contributed by atoms with van der Waals surface area (Å²) in [7, 11) is 1.58. The number of allylic oxidation sites excluding steroid dienone is 2. The van der Waals surface area contributed by atoms with Crippen LogP contribution in [0.15, 0.2) is 103 Å². The van der Waals surface area contributed by atoms with Crippen LogP contribution in [0.1, 0.15) is 15.9 Å². The Bertz CT molecular complexity index is 1040. The lowest BCUT2D eigenvalue weighted by molar-refractivity contribution is -0.113. The molecule has 0 unspecified atom stereocenters. The van der Waals surface area contributed by atoms with E-state index in [2.05, 4.69) is 10.6 Å². The maximum Gasteiger partial charge on any atom is 0.272 e. The number of carbonyl (C=O) groups is 2. The van der Waals surface area contributed by atoms with E-state index in [9.17, 15) is 9.59 Å². The fourth-order valence-electron chi connectivity index (χ4n) is 2.65. The van der Waals surface area contributed by atoms with Crippen molar-refractivity contribution in [3.05, 3.63) is 114 Å². The summed E-state index contributed by atoms with van der Waals surface area (Å²) in [6.45, 7) is 0. The van der Waals surface area contributed by atoms with E-state index in [1.807, 2.05) is 42.5 Å². The average molecular weight is 398 g/mol. The second kappa shape index (κ2) is 10.4. The number of hydrogen-bond donors (Lipinski definition) is 2. The predicted octanol–water partition coefficient (Wildman–Crippen LogP) is 4.66. The van der Waals surface area contributed by atoms with Gasteiger partial charge in [-0.2, -0.15) is 0 Å². The molecule has 0 saturated heterocycles. The fourth-order valence-corrected chi connectivity index (χ4v) is 2.65. The topological polar surface area (TPSA) is 67.4 Å². The van der Waals surface area contributed by atoms with Crippen LogP contribution in [0.25, 0.3) is 6.08 Å². The number of hydrogen-bond acceptors (Lipinski definition) is 3. The Morgan fingerprint density at radius 1 is 0.833 bits per heavy atom. The van der Waals surface area contributed by atoms with Crippen LogP contribution in [-0.2, 0) is 4.79 Å². The van der Waals surface area contributed by atoms with E-state index in [4.69, 9.17) is 4.74 Å². The van der Waals surface area contributed by atoms with Gasteiger partial charge in [0.2, 0.25) is 0 Å². The molecule has 3 aromatic carbocycles. The first-order valence-electron chi connectivity index (χ1n) is 9.41. The largest absolute Gasteiger partial charge is 0.497 e. The first kappa shape index (κ1) is 20.6. The molecule has 5 nitrogen and oxygen atoms in total. The van der Waals surface area contributed by atoms with Crippen molar-refractivity contribution in [3.8, 4) is 5.75 Å². The third-order valence-electron chi connectivity index (χ3n) is 4.23. The van der Waals surface area contributed by atoms with E-state index >= 15 is 0 Å². The lowest BCUT2D eigenvalue weighted by Crippen LogP contribution is -2.30. The Morgan fingerprint density at radius 2 is 1.47 bits per heavy atom. The zero-order valence-electron chi connectivity index (χ0n) is 16.5. The lowest BCUT2D eigenvalue weighted by atomic mass is 10.2. The molecule has 5 heteroatoms. The van der Waals surface area contributed by atoms with Crippen molar-refractivity contribution < 1.29 is 14.3 Å². The molecule has 150 valence electrons. The molecule has 0 bridgehead atoms. The summed E-state index contributed by atoms with van der Waals surface area (Å²) in [5, 5.41) is 5.48. The Labute approximate surface area is 175 Å².